The molecule has 5 aliphatic rings. The van der Waals surface area contributed by atoms with Crippen LogP contribution in [0.1, 0.15) is 49.7 Å². The lowest BCUT2D eigenvalue weighted by atomic mass is 9.69. The Balaban J connectivity index is 1.24. The lowest BCUT2D eigenvalue weighted by Gasteiger charge is -2.55. The summed E-state index contributed by atoms with van der Waals surface area (Å²) in [5.41, 5.74) is 1.56. The SMILES string of the molecule is C=CC(=O)N1CCN(C2NC(OCC3CCCN3C)NC3C(=O)[C@]4(CCc5c(C)cccc5O4)CCC32)CC1CC#N. The second-order valence-electron chi connectivity index (χ2n) is 12.7. The topological polar surface area (TPSA) is 110 Å². The fourth-order valence-corrected chi connectivity index (χ4v) is 7.92. The number of piperazine rings is 1. The lowest BCUT2D eigenvalue weighted by molar-refractivity contribution is -0.160. The fraction of sp³-hybridized carbons (Fsp3) is 0.656. The van der Waals surface area contributed by atoms with E-state index in [2.05, 4.69) is 53.1 Å². The van der Waals surface area contributed by atoms with Crippen molar-refractivity contribution in [3.05, 3.63) is 42.0 Å². The molecule has 1 aromatic carbocycles. The van der Waals surface area contributed by atoms with Gasteiger partial charge in [-0.05, 0) is 82.3 Å². The van der Waals surface area contributed by atoms with Gasteiger partial charge in [0.25, 0.3) is 0 Å². The maximum Gasteiger partial charge on any atom is 0.246 e. The summed E-state index contributed by atoms with van der Waals surface area (Å²) in [7, 11) is 2.13. The molecule has 4 aliphatic heterocycles. The van der Waals surface area contributed by atoms with E-state index in [1.807, 2.05) is 12.1 Å². The van der Waals surface area contributed by atoms with Crippen molar-refractivity contribution in [3.8, 4) is 11.8 Å². The quantitative estimate of drug-likeness (QED) is 0.491. The number of aryl methyl sites for hydroxylation is 1. The number of Topliss-reactive ketones (excluding diaryl/α,β-unsaturated/α-hetero) is 1. The highest BCUT2D eigenvalue weighted by molar-refractivity contribution is 5.94. The minimum Gasteiger partial charge on any atom is -0.479 e. The van der Waals surface area contributed by atoms with Crippen LogP contribution < -0.4 is 15.4 Å². The molecule has 10 nitrogen and oxygen atoms in total. The first-order valence-corrected chi connectivity index (χ1v) is 15.5. The molecule has 1 saturated carbocycles. The van der Waals surface area contributed by atoms with Crippen molar-refractivity contribution >= 4 is 11.7 Å². The van der Waals surface area contributed by atoms with Crippen LogP contribution >= 0.6 is 0 Å². The van der Waals surface area contributed by atoms with Crippen LogP contribution in [0.4, 0.5) is 0 Å². The molecule has 4 heterocycles. The van der Waals surface area contributed by atoms with Crippen molar-refractivity contribution in [2.24, 2.45) is 5.92 Å². The number of nitriles is 1. The van der Waals surface area contributed by atoms with Crippen molar-refractivity contribution in [3.63, 3.8) is 0 Å². The molecule has 7 atom stereocenters. The van der Waals surface area contributed by atoms with Crippen LogP contribution in [0.3, 0.4) is 0 Å². The van der Waals surface area contributed by atoms with Crippen LogP contribution in [0, 0.1) is 24.2 Å². The molecular formula is C32H44N6O4. The Morgan fingerprint density at radius 2 is 2.10 bits per heavy atom. The number of hydrogen-bond donors (Lipinski definition) is 2. The molecule has 226 valence electrons. The van der Waals surface area contributed by atoms with Gasteiger partial charge >= 0.3 is 0 Å². The number of likely N-dealkylation sites (N-methyl/N-ethyl adjacent to an activating group) is 1. The Kier molecular flexibility index (Phi) is 8.40. The van der Waals surface area contributed by atoms with Gasteiger partial charge in [-0.1, -0.05) is 18.7 Å². The zero-order valence-corrected chi connectivity index (χ0v) is 24.9. The summed E-state index contributed by atoms with van der Waals surface area (Å²) in [6.45, 7) is 9.10. The molecule has 0 radical (unpaired) electrons. The first-order chi connectivity index (χ1) is 20.3. The number of nitrogens with one attached hydrogen (secondary N) is 2. The smallest absolute Gasteiger partial charge is 0.246 e. The van der Waals surface area contributed by atoms with Crippen molar-refractivity contribution in [2.45, 2.75) is 88.1 Å². The number of likely N-dealkylation sites (tertiary alicyclic amines) is 1. The van der Waals surface area contributed by atoms with Crippen molar-refractivity contribution in [1.29, 1.82) is 5.26 Å². The largest absolute Gasteiger partial charge is 0.479 e. The van der Waals surface area contributed by atoms with E-state index < -0.39 is 18.0 Å². The van der Waals surface area contributed by atoms with E-state index in [-0.39, 0.29) is 36.2 Å². The highest BCUT2D eigenvalue weighted by Gasteiger charge is 2.56. The molecule has 1 spiro atoms. The first kappa shape index (κ1) is 29.3. The van der Waals surface area contributed by atoms with Gasteiger partial charge < -0.3 is 19.3 Å². The summed E-state index contributed by atoms with van der Waals surface area (Å²) in [5.74, 6) is 0.799. The van der Waals surface area contributed by atoms with E-state index in [9.17, 15) is 14.9 Å². The number of carbonyl (C=O) groups is 2. The average molecular weight is 577 g/mol. The molecule has 6 unspecified atom stereocenters. The summed E-state index contributed by atoms with van der Waals surface area (Å²) in [5, 5.41) is 16.8. The van der Waals surface area contributed by atoms with Crippen molar-refractivity contribution < 1.29 is 19.1 Å². The van der Waals surface area contributed by atoms with Crippen LogP contribution in [0.2, 0.25) is 0 Å². The first-order valence-electron chi connectivity index (χ1n) is 15.5. The number of fused-ring (bicyclic) bond motifs is 2. The number of carbonyl (C=O) groups excluding carboxylic acids is 2. The Hall–Kier alpha value is -2.81. The van der Waals surface area contributed by atoms with E-state index in [4.69, 9.17) is 9.47 Å². The van der Waals surface area contributed by atoms with Crippen LogP contribution in [0.25, 0.3) is 0 Å². The maximum atomic E-state index is 14.5. The highest BCUT2D eigenvalue weighted by Crippen LogP contribution is 2.44. The molecule has 1 amide bonds. The van der Waals surface area contributed by atoms with E-state index in [0.29, 0.717) is 45.1 Å². The molecule has 1 aromatic rings. The van der Waals surface area contributed by atoms with Gasteiger partial charge in [-0.2, -0.15) is 5.26 Å². The van der Waals surface area contributed by atoms with E-state index in [1.54, 1.807) is 4.90 Å². The van der Waals surface area contributed by atoms with E-state index >= 15 is 0 Å². The minimum atomic E-state index is -0.842. The maximum absolute atomic E-state index is 14.5. The van der Waals surface area contributed by atoms with Crippen LogP contribution in [-0.4, -0.2) is 102 Å². The van der Waals surface area contributed by atoms with Crippen LogP contribution in [-0.2, 0) is 20.7 Å². The second kappa shape index (κ2) is 12.1. The minimum absolute atomic E-state index is 0.00373. The highest BCUT2D eigenvalue weighted by atomic mass is 16.5. The predicted molar refractivity (Wildman–Crippen MR) is 157 cm³/mol. The van der Waals surface area contributed by atoms with Gasteiger partial charge in [0.1, 0.15) is 5.75 Å². The number of amides is 1. The van der Waals surface area contributed by atoms with Gasteiger partial charge in [0.05, 0.1) is 37.3 Å². The number of nitrogens with zero attached hydrogens (tertiary/aromatic N) is 4. The molecule has 0 aromatic heterocycles. The van der Waals surface area contributed by atoms with Gasteiger partial charge in [0.2, 0.25) is 5.91 Å². The summed E-state index contributed by atoms with van der Waals surface area (Å²) >= 11 is 0. The Labute approximate surface area is 249 Å². The van der Waals surface area contributed by atoms with E-state index in [1.165, 1.54) is 17.2 Å². The van der Waals surface area contributed by atoms with Gasteiger partial charge in [-0.3, -0.25) is 25.1 Å². The van der Waals surface area contributed by atoms with Gasteiger partial charge in [0, 0.05) is 31.6 Å². The molecule has 42 heavy (non-hydrogen) atoms. The monoisotopic (exact) mass is 576 g/mol. The van der Waals surface area contributed by atoms with Crippen molar-refractivity contribution in [2.75, 3.05) is 39.8 Å². The standard InChI is InChI=1S/C32H44N6O4/c1-4-27(39)38-18-17-37(19-22(38)12-15-33)30-25-11-14-32(13-10-24-21(2)7-5-9-26(24)42-32)29(40)28(25)34-31(35-30)41-20-23-8-6-16-36(23)3/h4-5,7,9,22-23,25,28,30-31,34-35H,1,6,8,10-14,16-20H2,2-3H3/t22?,23?,25?,28?,30?,31?,32-/m0/s1. The Bertz CT molecular complexity index is 1250. The number of ketones is 1. The molecule has 6 rings (SSSR count). The third kappa shape index (κ3) is 5.38. The molecular weight excluding hydrogens is 532 g/mol. The number of benzene rings is 1. The zero-order chi connectivity index (χ0) is 29.4. The number of rotatable bonds is 6. The summed E-state index contributed by atoms with van der Waals surface area (Å²) in [6.07, 6.45) is 6.19. The normalized spacial score (nSPS) is 35.3. The lowest BCUT2D eigenvalue weighted by Crippen LogP contribution is -2.76. The summed E-state index contributed by atoms with van der Waals surface area (Å²) in [6, 6.07) is 8.05. The predicted octanol–water partition coefficient (Wildman–Crippen LogP) is 1.93. The van der Waals surface area contributed by atoms with Crippen molar-refractivity contribution in [1.82, 2.24) is 25.3 Å². The molecule has 4 fully saturated rings. The van der Waals surface area contributed by atoms with Gasteiger partial charge in [0.15, 0.2) is 17.7 Å². The molecule has 0 bridgehead atoms. The molecule has 3 saturated heterocycles. The van der Waals surface area contributed by atoms with Gasteiger partial charge in [-0.25, -0.2) is 0 Å². The van der Waals surface area contributed by atoms with Crippen LogP contribution in [0.15, 0.2) is 30.9 Å². The number of hydrogen-bond acceptors (Lipinski definition) is 9. The average Bonchev–Trinajstić information content (AvgIpc) is 3.42. The van der Waals surface area contributed by atoms with Gasteiger partial charge in [-0.15, -0.1) is 0 Å². The van der Waals surface area contributed by atoms with Crippen LogP contribution in [0.5, 0.6) is 5.75 Å². The summed E-state index contributed by atoms with van der Waals surface area (Å²) < 4.78 is 13.1. The molecule has 2 N–H and O–H groups in total. The third-order valence-electron chi connectivity index (χ3n) is 10.4. The Morgan fingerprint density at radius 1 is 1.24 bits per heavy atom. The second-order valence-corrected chi connectivity index (χ2v) is 12.7. The molecule has 1 aliphatic carbocycles. The number of ether oxygens (including phenoxy) is 2. The zero-order valence-electron chi connectivity index (χ0n) is 24.9. The Morgan fingerprint density at radius 3 is 2.86 bits per heavy atom. The fourth-order valence-electron chi connectivity index (χ4n) is 7.92. The molecule has 10 heteroatoms. The van der Waals surface area contributed by atoms with E-state index in [0.717, 1.165) is 38.0 Å². The summed E-state index contributed by atoms with van der Waals surface area (Å²) in [4.78, 5) is 33.4. The third-order valence-corrected chi connectivity index (χ3v) is 10.4.